The zero-order chi connectivity index (χ0) is 9.97. The number of carbonyl (C=O) groups excluding carboxylic acids is 1. The number of amides is 1. The number of piperidine rings is 1. The molecule has 0 bridgehead atoms. The van der Waals surface area contributed by atoms with E-state index in [1.807, 2.05) is 4.90 Å². The molecule has 1 amide bonds. The van der Waals surface area contributed by atoms with Crippen LogP contribution in [0.2, 0.25) is 0 Å². The predicted molar refractivity (Wildman–Crippen MR) is 63.3 cm³/mol. The summed E-state index contributed by atoms with van der Waals surface area (Å²) in [7, 11) is 0. The maximum absolute atomic E-state index is 12.0. The molecule has 2 rings (SSSR count). The second kappa shape index (κ2) is 5.71. The van der Waals surface area contributed by atoms with Crippen molar-refractivity contribution in [3.8, 4) is 0 Å². The second-order valence-corrected chi connectivity index (χ2v) is 4.62. The van der Waals surface area contributed by atoms with Gasteiger partial charge in [-0.05, 0) is 32.6 Å². The minimum Gasteiger partial charge on any atom is -0.342 e. The summed E-state index contributed by atoms with van der Waals surface area (Å²) in [6.07, 6.45) is 4.61. The molecule has 88 valence electrons. The molecule has 2 atom stereocenters. The average molecular weight is 233 g/mol. The zero-order valence-electron chi connectivity index (χ0n) is 9.37. The molecule has 2 fully saturated rings. The first-order valence-electron chi connectivity index (χ1n) is 5.79. The summed E-state index contributed by atoms with van der Waals surface area (Å²) >= 11 is 0. The van der Waals surface area contributed by atoms with Gasteiger partial charge in [0.15, 0.2) is 0 Å². The standard InChI is InChI=1S/C11H20N2O.ClH/c1-9-4-5-10(8-12-9)11(14)13-6-2-3-7-13;/h9-10,12H,2-8H2,1H3;1H/t9-,10+;/m1./s1. The molecule has 0 unspecified atom stereocenters. The van der Waals surface area contributed by atoms with Gasteiger partial charge in [-0.1, -0.05) is 0 Å². The fourth-order valence-corrected chi connectivity index (χ4v) is 2.41. The van der Waals surface area contributed by atoms with E-state index in [2.05, 4.69) is 12.2 Å². The highest BCUT2D eigenvalue weighted by molar-refractivity contribution is 5.85. The van der Waals surface area contributed by atoms with Crippen molar-refractivity contribution in [3.63, 3.8) is 0 Å². The Kier molecular flexibility index (Phi) is 4.87. The zero-order valence-corrected chi connectivity index (χ0v) is 10.2. The van der Waals surface area contributed by atoms with E-state index < -0.39 is 0 Å². The van der Waals surface area contributed by atoms with Crippen molar-refractivity contribution < 1.29 is 4.79 Å². The lowest BCUT2D eigenvalue weighted by Gasteiger charge is -2.29. The number of carbonyl (C=O) groups is 1. The number of hydrogen-bond donors (Lipinski definition) is 1. The van der Waals surface area contributed by atoms with E-state index in [9.17, 15) is 4.79 Å². The molecule has 0 aromatic heterocycles. The van der Waals surface area contributed by atoms with E-state index in [-0.39, 0.29) is 18.3 Å². The highest BCUT2D eigenvalue weighted by atomic mass is 35.5. The van der Waals surface area contributed by atoms with E-state index >= 15 is 0 Å². The molecule has 3 nitrogen and oxygen atoms in total. The molecule has 0 saturated carbocycles. The van der Waals surface area contributed by atoms with Crippen LogP contribution in [0.4, 0.5) is 0 Å². The molecular weight excluding hydrogens is 212 g/mol. The number of likely N-dealkylation sites (tertiary alicyclic amines) is 1. The quantitative estimate of drug-likeness (QED) is 0.742. The third kappa shape index (κ3) is 3.08. The van der Waals surface area contributed by atoms with Gasteiger partial charge in [0.25, 0.3) is 0 Å². The number of rotatable bonds is 1. The number of halogens is 1. The lowest BCUT2D eigenvalue weighted by molar-refractivity contribution is -0.135. The van der Waals surface area contributed by atoms with Crippen LogP contribution in [0.3, 0.4) is 0 Å². The number of nitrogens with zero attached hydrogens (tertiary/aromatic N) is 1. The number of hydrogen-bond acceptors (Lipinski definition) is 2. The topological polar surface area (TPSA) is 32.3 Å². The van der Waals surface area contributed by atoms with Gasteiger partial charge in [0.2, 0.25) is 5.91 Å². The van der Waals surface area contributed by atoms with Crippen LogP contribution in [0, 0.1) is 5.92 Å². The van der Waals surface area contributed by atoms with Crippen molar-refractivity contribution >= 4 is 18.3 Å². The Morgan fingerprint density at radius 1 is 1.27 bits per heavy atom. The van der Waals surface area contributed by atoms with Gasteiger partial charge >= 0.3 is 0 Å². The highest BCUT2D eigenvalue weighted by Gasteiger charge is 2.28. The lowest BCUT2D eigenvalue weighted by atomic mass is 9.94. The Morgan fingerprint density at radius 3 is 2.47 bits per heavy atom. The van der Waals surface area contributed by atoms with Crippen LogP contribution in [0.15, 0.2) is 0 Å². The Balaban J connectivity index is 0.00000112. The molecule has 0 radical (unpaired) electrons. The largest absolute Gasteiger partial charge is 0.342 e. The monoisotopic (exact) mass is 232 g/mol. The Hall–Kier alpha value is -0.280. The van der Waals surface area contributed by atoms with Crippen molar-refractivity contribution in [2.45, 2.75) is 38.6 Å². The highest BCUT2D eigenvalue weighted by Crippen LogP contribution is 2.19. The summed E-state index contributed by atoms with van der Waals surface area (Å²) in [5.41, 5.74) is 0. The first-order valence-corrected chi connectivity index (χ1v) is 5.79. The summed E-state index contributed by atoms with van der Waals surface area (Å²) < 4.78 is 0. The van der Waals surface area contributed by atoms with Gasteiger partial charge in [-0.25, -0.2) is 0 Å². The van der Waals surface area contributed by atoms with E-state index in [0.29, 0.717) is 11.9 Å². The van der Waals surface area contributed by atoms with Crippen molar-refractivity contribution in [3.05, 3.63) is 0 Å². The predicted octanol–water partition coefficient (Wildman–Crippen LogP) is 1.42. The molecule has 0 spiro atoms. The molecule has 0 aromatic carbocycles. The molecule has 4 heteroatoms. The normalized spacial score (nSPS) is 31.1. The summed E-state index contributed by atoms with van der Waals surface area (Å²) in [5.74, 6) is 0.645. The van der Waals surface area contributed by atoms with E-state index in [4.69, 9.17) is 0 Å². The SMILES string of the molecule is C[C@@H]1CC[C@H](C(=O)N2CCCC2)CN1.Cl. The molecule has 1 N–H and O–H groups in total. The van der Waals surface area contributed by atoms with Gasteiger partial charge in [0.05, 0.1) is 5.92 Å². The lowest BCUT2D eigenvalue weighted by Crippen LogP contribution is -2.44. The van der Waals surface area contributed by atoms with Gasteiger partial charge < -0.3 is 10.2 Å². The molecule has 0 aromatic rings. The molecule has 2 saturated heterocycles. The van der Waals surface area contributed by atoms with E-state index in [1.165, 1.54) is 12.8 Å². The Bertz CT molecular complexity index is 209. The van der Waals surface area contributed by atoms with Crippen molar-refractivity contribution in [2.75, 3.05) is 19.6 Å². The van der Waals surface area contributed by atoms with Crippen LogP contribution in [0.5, 0.6) is 0 Å². The van der Waals surface area contributed by atoms with Crippen LogP contribution in [-0.4, -0.2) is 36.5 Å². The molecule has 2 aliphatic rings. The number of nitrogens with one attached hydrogen (secondary N) is 1. The second-order valence-electron chi connectivity index (χ2n) is 4.62. The van der Waals surface area contributed by atoms with Crippen LogP contribution in [-0.2, 0) is 4.79 Å². The van der Waals surface area contributed by atoms with Gasteiger partial charge in [0, 0.05) is 25.7 Å². The summed E-state index contributed by atoms with van der Waals surface area (Å²) in [5, 5.41) is 3.39. The summed E-state index contributed by atoms with van der Waals surface area (Å²) in [6, 6.07) is 0.595. The molecule has 2 heterocycles. The third-order valence-corrected chi connectivity index (χ3v) is 3.43. The average Bonchev–Trinajstić information content (AvgIpc) is 2.71. The minimum atomic E-state index is 0. The van der Waals surface area contributed by atoms with Crippen molar-refractivity contribution in [1.29, 1.82) is 0 Å². The van der Waals surface area contributed by atoms with Gasteiger partial charge in [-0.15, -0.1) is 12.4 Å². The van der Waals surface area contributed by atoms with Gasteiger partial charge in [0.1, 0.15) is 0 Å². The molecular formula is C11H21ClN2O. The summed E-state index contributed by atoms with van der Waals surface area (Å²) in [6.45, 7) is 5.06. The fraction of sp³-hybridized carbons (Fsp3) is 0.909. The summed E-state index contributed by atoms with van der Waals surface area (Å²) in [4.78, 5) is 14.0. The van der Waals surface area contributed by atoms with Crippen LogP contribution >= 0.6 is 12.4 Å². The molecule has 2 aliphatic heterocycles. The molecule has 0 aliphatic carbocycles. The van der Waals surface area contributed by atoms with Gasteiger partial charge in [-0.3, -0.25) is 4.79 Å². The van der Waals surface area contributed by atoms with Crippen LogP contribution in [0.25, 0.3) is 0 Å². The Morgan fingerprint density at radius 2 is 1.93 bits per heavy atom. The Labute approximate surface area is 98.0 Å². The first kappa shape index (κ1) is 12.8. The molecule has 15 heavy (non-hydrogen) atoms. The maximum atomic E-state index is 12.0. The van der Waals surface area contributed by atoms with Gasteiger partial charge in [-0.2, -0.15) is 0 Å². The minimum absolute atomic E-state index is 0. The smallest absolute Gasteiger partial charge is 0.226 e. The maximum Gasteiger partial charge on any atom is 0.226 e. The van der Waals surface area contributed by atoms with Crippen molar-refractivity contribution in [1.82, 2.24) is 10.2 Å². The van der Waals surface area contributed by atoms with Crippen molar-refractivity contribution in [2.24, 2.45) is 5.92 Å². The first-order chi connectivity index (χ1) is 6.77. The fourth-order valence-electron chi connectivity index (χ4n) is 2.41. The third-order valence-electron chi connectivity index (χ3n) is 3.43. The van der Waals surface area contributed by atoms with Crippen LogP contribution < -0.4 is 5.32 Å². The van der Waals surface area contributed by atoms with E-state index in [1.54, 1.807) is 0 Å². The van der Waals surface area contributed by atoms with E-state index in [0.717, 1.165) is 32.5 Å². The van der Waals surface area contributed by atoms with Crippen LogP contribution in [0.1, 0.15) is 32.6 Å².